The van der Waals surface area contributed by atoms with Gasteiger partial charge in [0.1, 0.15) is 6.04 Å². The molecule has 0 radical (unpaired) electrons. The summed E-state index contributed by atoms with van der Waals surface area (Å²) in [5.74, 6) is 0.815. The molecular weight excluding hydrogens is 210 g/mol. The third kappa shape index (κ3) is 2.31. The summed E-state index contributed by atoms with van der Waals surface area (Å²) in [6.07, 6.45) is 6.07. The number of aliphatic carboxylic acids is 1. The van der Waals surface area contributed by atoms with Crippen molar-refractivity contribution in [1.29, 1.82) is 0 Å². The number of carbonyl (C=O) groups is 1. The van der Waals surface area contributed by atoms with Gasteiger partial charge in [-0.1, -0.05) is 26.2 Å². The lowest BCUT2D eigenvalue weighted by molar-refractivity contribution is -0.139. The van der Waals surface area contributed by atoms with Gasteiger partial charge in [0.15, 0.2) is 0 Å². The van der Waals surface area contributed by atoms with Gasteiger partial charge in [-0.15, -0.1) is 11.8 Å². The average Bonchev–Trinajstić information content (AvgIpc) is 2.62. The van der Waals surface area contributed by atoms with Crippen molar-refractivity contribution in [1.82, 2.24) is 5.32 Å². The van der Waals surface area contributed by atoms with E-state index >= 15 is 0 Å². The first-order chi connectivity index (χ1) is 7.15. The molecule has 86 valence electrons. The smallest absolute Gasteiger partial charge is 0.321 e. The molecule has 1 heterocycles. The summed E-state index contributed by atoms with van der Waals surface area (Å²) < 4.78 is 0. The Morgan fingerprint density at radius 2 is 2.47 bits per heavy atom. The molecule has 2 unspecified atom stereocenters. The van der Waals surface area contributed by atoms with Gasteiger partial charge >= 0.3 is 5.97 Å². The highest BCUT2D eigenvalue weighted by molar-refractivity contribution is 8.00. The second-order valence-corrected chi connectivity index (χ2v) is 6.11. The topological polar surface area (TPSA) is 49.3 Å². The van der Waals surface area contributed by atoms with Crippen molar-refractivity contribution in [3.63, 3.8) is 0 Å². The maximum absolute atomic E-state index is 10.9. The zero-order valence-electron chi connectivity index (χ0n) is 9.16. The molecule has 0 aromatic carbocycles. The average molecular weight is 229 g/mol. The largest absolute Gasteiger partial charge is 0.480 e. The van der Waals surface area contributed by atoms with Crippen LogP contribution in [-0.4, -0.2) is 27.7 Å². The van der Waals surface area contributed by atoms with Gasteiger partial charge in [0.25, 0.3) is 0 Å². The molecule has 0 aromatic rings. The lowest BCUT2D eigenvalue weighted by Gasteiger charge is -2.37. The Kier molecular flexibility index (Phi) is 3.26. The SMILES string of the molecule is CCC1CCCC2(C1)N[C@H](C(=O)O)CS2. The summed E-state index contributed by atoms with van der Waals surface area (Å²) in [6.45, 7) is 2.23. The Morgan fingerprint density at radius 1 is 1.67 bits per heavy atom. The molecule has 1 spiro atoms. The number of carboxylic acids is 1. The summed E-state index contributed by atoms with van der Waals surface area (Å²) in [7, 11) is 0. The minimum Gasteiger partial charge on any atom is -0.480 e. The van der Waals surface area contributed by atoms with Crippen LogP contribution in [0, 0.1) is 5.92 Å². The van der Waals surface area contributed by atoms with E-state index < -0.39 is 5.97 Å². The third-order valence-electron chi connectivity index (χ3n) is 3.65. The summed E-state index contributed by atoms with van der Waals surface area (Å²) in [5.41, 5.74) is 0. The standard InChI is InChI=1S/C11H19NO2S/c1-2-8-4-3-5-11(6-8)12-9(7-15-11)10(13)14/h8-9,12H,2-7H2,1H3,(H,13,14)/t8?,9-,11?/m0/s1. The monoisotopic (exact) mass is 229 g/mol. The second kappa shape index (κ2) is 4.34. The van der Waals surface area contributed by atoms with E-state index in [0.717, 1.165) is 24.5 Å². The summed E-state index contributed by atoms with van der Waals surface area (Å²) in [6, 6.07) is -0.328. The zero-order valence-corrected chi connectivity index (χ0v) is 9.98. The summed E-state index contributed by atoms with van der Waals surface area (Å²) in [5, 5.41) is 12.3. The molecule has 1 saturated carbocycles. The summed E-state index contributed by atoms with van der Waals surface area (Å²) in [4.78, 5) is 11.0. The Labute approximate surface area is 95.0 Å². The van der Waals surface area contributed by atoms with Gasteiger partial charge in [0.2, 0.25) is 0 Å². The number of hydrogen-bond donors (Lipinski definition) is 2. The van der Waals surface area contributed by atoms with E-state index in [1.165, 1.54) is 19.3 Å². The van der Waals surface area contributed by atoms with Gasteiger partial charge in [-0.2, -0.15) is 0 Å². The summed E-state index contributed by atoms with van der Waals surface area (Å²) >= 11 is 1.83. The predicted octanol–water partition coefficient (Wildman–Crippen LogP) is 2.07. The van der Waals surface area contributed by atoms with Crippen LogP contribution < -0.4 is 5.32 Å². The van der Waals surface area contributed by atoms with Crippen LogP contribution in [0.15, 0.2) is 0 Å². The number of hydrogen-bond acceptors (Lipinski definition) is 3. The molecule has 3 atom stereocenters. The number of rotatable bonds is 2. The predicted molar refractivity (Wildman–Crippen MR) is 62.0 cm³/mol. The first-order valence-corrected chi connectivity index (χ1v) is 6.78. The van der Waals surface area contributed by atoms with Gasteiger partial charge < -0.3 is 5.11 Å². The number of nitrogens with one attached hydrogen (secondary N) is 1. The molecule has 2 rings (SSSR count). The van der Waals surface area contributed by atoms with Crippen LogP contribution in [0.2, 0.25) is 0 Å². The normalized spacial score (nSPS) is 40.9. The zero-order chi connectivity index (χ0) is 10.9. The Balaban J connectivity index is 1.99. The van der Waals surface area contributed by atoms with Crippen molar-refractivity contribution in [3.8, 4) is 0 Å². The minimum absolute atomic E-state index is 0.0853. The molecule has 2 aliphatic rings. The molecule has 0 aromatic heterocycles. The van der Waals surface area contributed by atoms with Gasteiger partial charge in [-0.25, -0.2) is 0 Å². The van der Waals surface area contributed by atoms with E-state index in [1.54, 1.807) is 0 Å². The molecule has 1 aliphatic carbocycles. The fraction of sp³-hybridized carbons (Fsp3) is 0.909. The van der Waals surface area contributed by atoms with Gasteiger partial charge in [-0.3, -0.25) is 10.1 Å². The van der Waals surface area contributed by atoms with Crippen molar-refractivity contribution in [2.75, 3.05) is 5.75 Å². The lowest BCUT2D eigenvalue weighted by Crippen LogP contribution is -2.47. The molecule has 2 N–H and O–H groups in total. The first kappa shape index (κ1) is 11.3. The quantitative estimate of drug-likeness (QED) is 0.761. The van der Waals surface area contributed by atoms with E-state index in [0.29, 0.717) is 0 Å². The highest BCUT2D eigenvalue weighted by Gasteiger charge is 2.44. The molecule has 1 saturated heterocycles. The van der Waals surface area contributed by atoms with Crippen LogP contribution >= 0.6 is 11.8 Å². The molecule has 1 aliphatic heterocycles. The molecule has 3 nitrogen and oxygen atoms in total. The molecule has 0 bridgehead atoms. The number of carboxylic acid groups (broad SMARTS) is 1. The molecule has 15 heavy (non-hydrogen) atoms. The Hall–Kier alpha value is -0.220. The van der Waals surface area contributed by atoms with E-state index in [9.17, 15) is 4.79 Å². The van der Waals surface area contributed by atoms with Gasteiger partial charge in [0, 0.05) is 5.75 Å². The first-order valence-electron chi connectivity index (χ1n) is 5.80. The van der Waals surface area contributed by atoms with Crippen molar-refractivity contribution in [2.45, 2.75) is 49.9 Å². The minimum atomic E-state index is -0.696. The highest BCUT2D eigenvalue weighted by Crippen LogP contribution is 2.45. The van der Waals surface area contributed by atoms with Gasteiger partial charge in [-0.05, 0) is 18.8 Å². The van der Waals surface area contributed by atoms with E-state index in [1.807, 2.05) is 11.8 Å². The Bertz CT molecular complexity index is 259. The van der Waals surface area contributed by atoms with Crippen molar-refractivity contribution < 1.29 is 9.90 Å². The van der Waals surface area contributed by atoms with Crippen LogP contribution in [0.4, 0.5) is 0 Å². The van der Waals surface area contributed by atoms with Crippen LogP contribution in [0.3, 0.4) is 0 Å². The molecular formula is C11H19NO2S. The Morgan fingerprint density at radius 3 is 3.07 bits per heavy atom. The fourth-order valence-electron chi connectivity index (χ4n) is 2.73. The van der Waals surface area contributed by atoms with Crippen LogP contribution in [-0.2, 0) is 4.79 Å². The molecule has 4 heteroatoms. The lowest BCUT2D eigenvalue weighted by atomic mass is 9.83. The highest BCUT2D eigenvalue weighted by atomic mass is 32.2. The number of thioether (sulfide) groups is 1. The van der Waals surface area contributed by atoms with Crippen molar-refractivity contribution in [3.05, 3.63) is 0 Å². The van der Waals surface area contributed by atoms with Crippen molar-refractivity contribution in [2.24, 2.45) is 5.92 Å². The van der Waals surface area contributed by atoms with Gasteiger partial charge in [0.05, 0.1) is 4.87 Å². The maximum atomic E-state index is 10.9. The molecule has 0 amide bonds. The fourth-order valence-corrected chi connectivity index (χ4v) is 4.31. The van der Waals surface area contributed by atoms with E-state index in [-0.39, 0.29) is 10.9 Å². The van der Waals surface area contributed by atoms with Crippen LogP contribution in [0.25, 0.3) is 0 Å². The van der Waals surface area contributed by atoms with Crippen LogP contribution in [0.5, 0.6) is 0 Å². The van der Waals surface area contributed by atoms with E-state index in [2.05, 4.69) is 12.2 Å². The van der Waals surface area contributed by atoms with Crippen LogP contribution in [0.1, 0.15) is 39.0 Å². The van der Waals surface area contributed by atoms with Crippen molar-refractivity contribution >= 4 is 17.7 Å². The second-order valence-electron chi connectivity index (χ2n) is 4.71. The molecule has 2 fully saturated rings. The third-order valence-corrected chi connectivity index (χ3v) is 5.19. The van der Waals surface area contributed by atoms with E-state index in [4.69, 9.17) is 5.11 Å². The maximum Gasteiger partial charge on any atom is 0.321 e.